The monoisotopic (exact) mass is 226 g/mol. The fourth-order valence-corrected chi connectivity index (χ4v) is 3.42. The Hall–Kier alpha value is -0.570. The lowest BCUT2D eigenvalue weighted by atomic mass is 9.68. The summed E-state index contributed by atoms with van der Waals surface area (Å²) in [5.74, 6) is -0.106. The molecule has 2 saturated heterocycles. The molecule has 2 bridgehead atoms. The molecule has 1 N–H and O–H groups in total. The highest BCUT2D eigenvalue weighted by Crippen LogP contribution is 2.51. The summed E-state index contributed by atoms with van der Waals surface area (Å²) in [4.78, 5) is 11.6. The average molecular weight is 226 g/mol. The molecule has 2 rings (SSSR count). The molecular weight excluding hydrogens is 204 g/mol. The second-order valence-corrected chi connectivity index (χ2v) is 5.38. The van der Waals surface area contributed by atoms with Gasteiger partial charge in [-0.15, -0.1) is 0 Å². The Balaban J connectivity index is 2.14. The summed E-state index contributed by atoms with van der Waals surface area (Å²) < 4.78 is 5.76. The maximum Gasteiger partial charge on any atom is 0.312 e. The van der Waals surface area contributed by atoms with Crippen LogP contribution in [0.4, 0.5) is 0 Å². The number of ether oxygens (including phenoxy) is 1. The molecule has 3 heteroatoms. The highest BCUT2D eigenvalue weighted by atomic mass is 16.5. The largest absolute Gasteiger partial charge is 0.481 e. The zero-order valence-electron chi connectivity index (χ0n) is 10.2. The third-order valence-corrected chi connectivity index (χ3v) is 4.55. The Kier molecular flexibility index (Phi) is 3.24. The van der Waals surface area contributed by atoms with Gasteiger partial charge in [-0.1, -0.05) is 26.7 Å². The molecule has 3 atom stereocenters. The molecule has 2 heterocycles. The van der Waals surface area contributed by atoms with Gasteiger partial charge in [0.1, 0.15) is 0 Å². The van der Waals surface area contributed by atoms with Crippen molar-refractivity contribution in [1.82, 2.24) is 0 Å². The minimum absolute atomic E-state index is 0.0180. The van der Waals surface area contributed by atoms with Gasteiger partial charge in [0.25, 0.3) is 0 Å². The summed E-state index contributed by atoms with van der Waals surface area (Å²) in [5.41, 5.74) is -0.570. The molecule has 16 heavy (non-hydrogen) atoms. The number of fused-ring (bicyclic) bond motifs is 2. The molecule has 0 spiro atoms. The SMILES string of the molecule is CCC(CC)CC1(C(=O)O)CC2CCC1O2. The average Bonchev–Trinajstić information content (AvgIpc) is 2.86. The molecular formula is C13H22O3. The number of carboxylic acids is 1. The van der Waals surface area contributed by atoms with Crippen LogP contribution in [0.25, 0.3) is 0 Å². The van der Waals surface area contributed by atoms with Crippen LogP contribution >= 0.6 is 0 Å². The van der Waals surface area contributed by atoms with Gasteiger partial charge < -0.3 is 9.84 Å². The van der Waals surface area contributed by atoms with Gasteiger partial charge in [0.15, 0.2) is 0 Å². The van der Waals surface area contributed by atoms with Crippen molar-refractivity contribution < 1.29 is 14.6 Å². The molecule has 92 valence electrons. The highest BCUT2D eigenvalue weighted by Gasteiger charge is 2.57. The van der Waals surface area contributed by atoms with Gasteiger partial charge in [-0.05, 0) is 31.6 Å². The third kappa shape index (κ3) is 1.75. The Morgan fingerprint density at radius 2 is 2.12 bits per heavy atom. The van der Waals surface area contributed by atoms with Crippen LogP contribution in [0.15, 0.2) is 0 Å². The second kappa shape index (κ2) is 4.36. The number of carbonyl (C=O) groups is 1. The first-order valence-corrected chi connectivity index (χ1v) is 6.51. The molecule has 0 aromatic heterocycles. The van der Waals surface area contributed by atoms with E-state index in [4.69, 9.17) is 4.74 Å². The van der Waals surface area contributed by atoms with Crippen molar-refractivity contribution in [3.05, 3.63) is 0 Å². The van der Waals surface area contributed by atoms with E-state index >= 15 is 0 Å². The van der Waals surface area contributed by atoms with Crippen molar-refractivity contribution in [2.45, 2.75) is 64.6 Å². The fraction of sp³-hybridized carbons (Fsp3) is 0.923. The molecule has 0 amide bonds. The second-order valence-electron chi connectivity index (χ2n) is 5.38. The van der Waals surface area contributed by atoms with Gasteiger partial charge in [-0.25, -0.2) is 0 Å². The molecule has 0 aromatic rings. The normalized spacial score (nSPS) is 37.2. The maximum atomic E-state index is 11.6. The number of rotatable bonds is 5. The van der Waals surface area contributed by atoms with E-state index in [-0.39, 0.29) is 12.2 Å². The zero-order chi connectivity index (χ0) is 11.8. The lowest BCUT2D eigenvalue weighted by Crippen LogP contribution is -2.41. The maximum absolute atomic E-state index is 11.6. The lowest BCUT2D eigenvalue weighted by molar-refractivity contribution is -0.153. The van der Waals surface area contributed by atoms with Gasteiger partial charge in [-0.3, -0.25) is 4.79 Å². The van der Waals surface area contributed by atoms with Crippen LogP contribution in [0.5, 0.6) is 0 Å². The van der Waals surface area contributed by atoms with Crippen LogP contribution in [0, 0.1) is 11.3 Å². The molecule has 3 nitrogen and oxygen atoms in total. The van der Waals surface area contributed by atoms with E-state index in [1.807, 2.05) is 0 Å². The topological polar surface area (TPSA) is 46.5 Å². The quantitative estimate of drug-likeness (QED) is 0.784. The van der Waals surface area contributed by atoms with Crippen molar-refractivity contribution in [3.8, 4) is 0 Å². The minimum Gasteiger partial charge on any atom is -0.481 e. The summed E-state index contributed by atoms with van der Waals surface area (Å²) in [6.07, 6.45) is 5.89. The lowest BCUT2D eigenvalue weighted by Gasteiger charge is -2.33. The summed E-state index contributed by atoms with van der Waals surface area (Å²) >= 11 is 0. The molecule has 0 aromatic carbocycles. The van der Waals surface area contributed by atoms with Crippen molar-refractivity contribution >= 4 is 5.97 Å². The summed E-state index contributed by atoms with van der Waals surface area (Å²) in [5, 5.41) is 9.55. The summed E-state index contributed by atoms with van der Waals surface area (Å²) in [6.45, 7) is 4.30. The van der Waals surface area contributed by atoms with Crippen molar-refractivity contribution in [1.29, 1.82) is 0 Å². The van der Waals surface area contributed by atoms with Gasteiger partial charge in [0.05, 0.1) is 17.6 Å². The molecule has 0 aliphatic carbocycles. The fourth-order valence-electron chi connectivity index (χ4n) is 3.42. The highest BCUT2D eigenvalue weighted by molar-refractivity contribution is 5.76. The number of carboxylic acid groups (broad SMARTS) is 1. The number of hydrogen-bond acceptors (Lipinski definition) is 2. The Morgan fingerprint density at radius 3 is 2.50 bits per heavy atom. The Bertz CT molecular complexity index is 272. The first-order chi connectivity index (χ1) is 7.62. The predicted octanol–water partition coefficient (Wildman–Crippen LogP) is 2.84. The molecule has 2 aliphatic rings. The van der Waals surface area contributed by atoms with Crippen LogP contribution < -0.4 is 0 Å². The summed E-state index contributed by atoms with van der Waals surface area (Å²) in [6, 6.07) is 0. The van der Waals surface area contributed by atoms with Gasteiger partial charge in [0, 0.05) is 0 Å². The third-order valence-electron chi connectivity index (χ3n) is 4.55. The van der Waals surface area contributed by atoms with E-state index in [9.17, 15) is 9.90 Å². The van der Waals surface area contributed by atoms with E-state index in [1.165, 1.54) is 0 Å². The predicted molar refractivity (Wildman–Crippen MR) is 61.3 cm³/mol. The minimum atomic E-state index is -0.633. The number of aliphatic carboxylic acids is 1. The van der Waals surface area contributed by atoms with Crippen LogP contribution in [0.2, 0.25) is 0 Å². The molecule has 2 fully saturated rings. The molecule has 2 aliphatic heterocycles. The zero-order valence-corrected chi connectivity index (χ0v) is 10.2. The van der Waals surface area contributed by atoms with E-state index in [0.717, 1.165) is 38.5 Å². The molecule has 0 saturated carbocycles. The van der Waals surface area contributed by atoms with Crippen LogP contribution in [-0.4, -0.2) is 23.3 Å². The van der Waals surface area contributed by atoms with Crippen LogP contribution in [-0.2, 0) is 9.53 Å². The van der Waals surface area contributed by atoms with Crippen LogP contribution in [0.1, 0.15) is 52.4 Å². The molecule has 3 unspecified atom stereocenters. The first kappa shape index (κ1) is 11.9. The van der Waals surface area contributed by atoms with E-state index < -0.39 is 11.4 Å². The van der Waals surface area contributed by atoms with E-state index in [2.05, 4.69) is 13.8 Å². The van der Waals surface area contributed by atoms with E-state index in [1.54, 1.807) is 0 Å². The Morgan fingerprint density at radius 1 is 1.44 bits per heavy atom. The standard InChI is InChI=1S/C13H22O3/c1-3-9(4-2)7-13(12(14)15)8-10-5-6-11(13)16-10/h9-11H,3-8H2,1-2H3,(H,14,15). The van der Waals surface area contributed by atoms with Crippen molar-refractivity contribution in [2.24, 2.45) is 11.3 Å². The van der Waals surface area contributed by atoms with Crippen molar-refractivity contribution in [3.63, 3.8) is 0 Å². The molecule has 0 radical (unpaired) electrons. The van der Waals surface area contributed by atoms with Gasteiger partial charge >= 0.3 is 5.97 Å². The van der Waals surface area contributed by atoms with Gasteiger partial charge in [-0.2, -0.15) is 0 Å². The number of hydrogen-bond donors (Lipinski definition) is 1. The smallest absolute Gasteiger partial charge is 0.312 e. The van der Waals surface area contributed by atoms with E-state index in [0.29, 0.717) is 5.92 Å². The van der Waals surface area contributed by atoms with Gasteiger partial charge in [0.2, 0.25) is 0 Å². The Labute approximate surface area is 97.2 Å². The summed E-state index contributed by atoms with van der Waals surface area (Å²) in [7, 11) is 0. The first-order valence-electron chi connectivity index (χ1n) is 6.51. The van der Waals surface area contributed by atoms with Crippen molar-refractivity contribution in [2.75, 3.05) is 0 Å². The van der Waals surface area contributed by atoms with Crippen LogP contribution in [0.3, 0.4) is 0 Å².